The van der Waals surface area contributed by atoms with Gasteiger partial charge in [0.2, 0.25) is 0 Å². The van der Waals surface area contributed by atoms with E-state index in [0.717, 1.165) is 12.1 Å². The fraction of sp³-hybridized carbons (Fsp3) is 0.0833. The average Bonchev–Trinajstić information content (AvgIpc) is 2.35. The van der Waals surface area contributed by atoms with Crippen molar-refractivity contribution in [1.82, 2.24) is 4.98 Å². The zero-order valence-corrected chi connectivity index (χ0v) is 10.9. The van der Waals surface area contributed by atoms with Crippen LogP contribution in [0.5, 0.6) is 0 Å². The predicted molar refractivity (Wildman–Crippen MR) is 70.6 cm³/mol. The van der Waals surface area contributed by atoms with Gasteiger partial charge in [-0.1, -0.05) is 0 Å². The van der Waals surface area contributed by atoms with Crippen LogP contribution in [0.2, 0.25) is 0 Å². The van der Waals surface area contributed by atoms with Crippen LogP contribution in [-0.4, -0.2) is 13.4 Å². The quantitative estimate of drug-likeness (QED) is 0.842. The summed E-state index contributed by atoms with van der Waals surface area (Å²) < 4.78 is 40.0. The number of aromatic nitrogens is 1. The highest BCUT2D eigenvalue weighted by atomic mass is 32.2. The van der Waals surface area contributed by atoms with Gasteiger partial charge in [0, 0.05) is 11.9 Å². The Morgan fingerprint density at radius 3 is 2.74 bits per heavy atom. The summed E-state index contributed by atoms with van der Waals surface area (Å²) in [5, 5.41) is 0. The molecule has 0 atom stereocenters. The number of hydrogen-bond donors (Lipinski definition) is 2. The minimum Gasteiger partial charge on any atom is -0.399 e. The molecule has 0 bridgehead atoms. The largest absolute Gasteiger partial charge is 0.399 e. The number of pyridine rings is 1. The second-order valence-corrected chi connectivity index (χ2v) is 5.64. The lowest BCUT2D eigenvalue weighted by atomic mass is 10.3. The summed E-state index contributed by atoms with van der Waals surface area (Å²) in [6.07, 6.45) is 2.89. The normalized spacial score (nSPS) is 11.3. The molecule has 0 amide bonds. The summed E-state index contributed by atoms with van der Waals surface area (Å²) in [4.78, 5) is 3.33. The number of anilines is 2. The van der Waals surface area contributed by atoms with Crippen molar-refractivity contribution in [2.75, 3.05) is 10.5 Å². The second-order valence-electron chi connectivity index (χ2n) is 3.99. The molecule has 2 rings (SSSR count). The number of nitrogens with two attached hydrogens (primary N) is 1. The van der Waals surface area contributed by atoms with Crippen LogP contribution >= 0.6 is 0 Å². The van der Waals surface area contributed by atoms with E-state index in [1.807, 2.05) is 0 Å². The molecule has 1 aromatic carbocycles. The molecule has 0 aliphatic rings. The Kier molecular flexibility index (Phi) is 3.39. The minimum atomic E-state index is -4.03. The number of aryl methyl sites for hydroxylation is 1. The van der Waals surface area contributed by atoms with Crippen molar-refractivity contribution in [1.29, 1.82) is 0 Å². The topological polar surface area (TPSA) is 85.1 Å². The van der Waals surface area contributed by atoms with Crippen LogP contribution in [0.25, 0.3) is 0 Å². The van der Waals surface area contributed by atoms with Crippen LogP contribution in [-0.2, 0) is 10.0 Å². The van der Waals surface area contributed by atoms with Crippen molar-refractivity contribution in [2.45, 2.75) is 11.8 Å². The first kappa shape index (κ1) is 13.3. The highest BCUT2D eigenvalue weighted by molar-refractivity contribution is 7.92. The van der Waals surface area contributed by atoms with Crippen LogP contribution in [0.1, 0.15) is 5.56 Å². The summed E-state index contributed by atoms with van der Waals surface area (Å²) in [6, 6.07) is 5.03. The molecule has 0 aliphatic carbocycles. The fourth-order valence-electron chi connectivity index (χ4n) is 1.50. The molecule has 1 aromatic heterocycles. The Bertz CT molecular complexity index is 717. The smallest absolute Gasteiger partial charge is 0.264 e. The van der Waals surface area contributed by atoms with E-state index in [1.54, 1.807) is 13.0 Å². The van der Waals surface area contributed by atoms with Crippen LogP contribution < -0.4 is 10.5 Å². The van der Waals surface area contributed by atoms with Crippen molar-refractivity contribution in [3.63, 3.8) is 0 Å². The number of nitrogen functional groups attached to an aromatic ring is 1. The van der Waals surface area contributed by atoms with E-state index in [1.165, 1.54) is 18.5 Å². The predicted octanol–water partition coefficient (Wildman–Crippen LogP) is 1.91. The van der Waals surface area contributed by atoms with Crippen molar-refractivity contribution in [2.24, 2.45) is 0 Å². The number of sulfonamides is 1. The molecule has 19 heavy (non-hydrogen) atoms. The van der Waals surface area contributed by atoms with Crippen molar-refractivity contribution >= 4 is 21.4 Å². The maximum atomic E-state index is 13.6. The van der Waals surface area contributed by atoms with Gasteiger partial charge in [-0.05, 0) is 36.8 Å². The lowest BCUT2D eigenvalue weighted by Crippen LogP contribution is -2.15. The van der Waals surface area contributed by atoms with Crippen LogP contribution in [0.4, 0.5) is 15.8 Å². The Morgan fingerprint density at radius 2 is 2.05 bits per heavy atom. The number of nitrogens with one attached hydrogen (secondary N) is 1. The second kappa shape index (κ2) is 4.85. The monoisotopic (exact) mass is 281 g/mol. The van der Waals surface area contributed by atoms with E-state index in [9.17, 15) is 12.8 Å². The van der Waals surface area contributed by atoms with Crippen LogP contribution in [0.15, 0.2) is 41.6 Å². The van der Waals surface area contributed by atoms with E-state index >= 15 is 0 Å². The van der Waals surface area contributed by atoms with E-state index in [0.29, 0.717) is 11.3 Å². The molecule has 0 radical (unpaired) electrons. The van der Waals surface area contributed by atoms with Crippen molar-refractivity contribution < 1.29 is 12.8 Å². The number of hydrogen-bond acceptors (Lipinski definition) is 4. The van der Waals surface area contributed by atoms with Gasteiger partial charge < -0.3 is 5.73 Å². The van der Waals surface area contributed by atoms with Gasteiger partial charge in [-0.2, -0.15) is 0 Å². The Balaban J connectivity index is 2.44. The van der Waals surface area contributed by atoms with Crippen LogP contribution in [0, 0.1) is 12.7 Å². The first-order chi connectivity index (χ1) is 8.90. The molecular weight excluding hydrogens is 269 g/mol. The SMILES string of the molecule is Cc1ccncc1NS(=O)(=O)c1cc(N)ccc1F. The molecule has 0 spiro atoms. The van der Waals surface area contributed by atoms with Crippen molar-refractivity contribution in [3.8, 4) is 0 Å². The number of halogens is 1. The van der Waals surface area contributed by atoms with E-state index in [-0.39, 0.29) is 5.69 Å². The highest BCUT2D eigenvalue weighted by Crippen LogP contribution is 2.22. The third-order valence-electron chi connectivity index (χ3n) is 2.53. The molecule has 100 valence electrons. The van der Waals surface area contributed by atoms with Gasteiger partial charge in [0.1, 0.15) is 10.7 Å². The van der Waals surface area contributed by atoms with Gasteiger partial charge in [-0.15, -0.1) is 0 Å². The summed E-state index contributed by atoms with van der Waals surface area (Å²) in [7, 11) is -4.03. The molecule has 0 aliphatic heterocycles. The Labute approximate surface area is 110 Å². The zero-order valence-electron chi connectivity index (χ0n) is 10.1. The molecule has 2 aromatic rings. The first-order valence-electron chi connectivity index (χ1n) is 5.38. The maximum absolute atomic E-state index is 13.6. The van der Waals surface area contributed by atoms with E-state index < -0.39 is 20.7 Å². The minimum absolute atomic E-state index is 0.171. The molecule has 3 N–H and O–H groups in total. The molecule has 0 saturated carbocycles. The van der Waals surface area contributed by atoms with Gasteiger partial charge in [0.05, 0.1) is 11.9 Å². The number of benzene rings is 1. The van der Waals surface area contributed by atoms with Gasteiger partial charge in [-0.25, -0.2) is 12.8 Å². The zero-order chi connectivity index (χ0) is 14.0. The standard InChI is InChI=1S/C12H12FN3O2S/c1-8-4-5-15-7-11(8)16-19(17,18)12-6-9(14)2-3-10(12)13/h2-7,16H,14H2,1H3. The van der Waals surface area contributed by atoms with Gasteiger partial charge in [-0.3, -0.25) is 9.71 Å². The molecule has 7 heteroatoms. The fourth-order valence-corrected chi connectivity index (χ4v) is 2.73. The lowest BCUT2D eigenvalue weighted by Gasteiger charge is -2.10. The molecule has 0 saturated heterocycles. The summed E-state index contributed by atoms with van der Waals surface area (Å²) in [5.74, 6) is -0.858. The molecule has 0 unspecified atom stereocenters. The summed E-state index contributed by atoms with van der Waals surface area (Å²) >= 11 is 0. The third kappa shape index (κ3) is 2.82. The van der Waals surface area contributed by atoms with Gasteiger partial charge >= 0.3 is 0 Å². The number of rotatable bonds is 3. The van der Waals surface area contributed by atoms with Crippen LogP contribution in [0.3, 0.4) is 0 Å². The highest BCUT2D eigenvalue weighted by Gasteiger charge is 2.20. The molecule has 1 heterocycles. The molecular formula is C12H12FN3O2S. The van der Waals surface area contributed by atoms with Crippen molar-refractivity contribution in [3.05, 3.63) is 48.0 Å². The summed E-state index contributed by atoms with van der Waals surface area (Å²) in [5.41, 5.74) is 6.63. The Morgan fingerprint density at radius 1 is 1.32 bits per heavy atom. The molecule has 0 fully saturated rings. The lowest BCUT2D eigenvalue weighted by molar-refractivity contribution is 0.570. The first-order valence-corrected chi connectivity index (χ1v) is 6.87. The maximum Gasteiger partial charge on any atom is 0.264 e. The number of nitrogens with zero attached hydrogens (tertiary/aromatic N) is 1. The third-order valence-corrected chi connectivity index (χ3v) is 3.91. The van der Waals surface area contributed by atoms with E-state index in [2.05, 4.69) is 9.71 Å². The molecule has 5 nitrogen and oxygen atoms in total. The van der Waals surface area contributed by atoms with Gasteiger partial charge in [0.25, 0.3) is 10.0 Å². The Hall–Kier alpha value is -2.15. The summed E-state index contributed by atoms with van der Waals surface area (Å²) in [6.45, 7) is 1.72. The van der Waals surface area contributed by atoms with Gasteiger partial charge in [0.15, 0.2) is 0 Å². The average molecular weight is 281 g/mol. The van der Waals surface area contributed by atoms with E-state index in [4.69, 9.17) is 5.73 Å².